The zero-order chi connectivity index (χ0) is 24.5. The number of nitrogens with zero attached hydrogens (tertiary/aromatic N) is 2. The number of aryl methyl sites for hydroxylation is 3. The van der Waals surface area contributed by atoms with Crippen LogP contribution in [0, 0.1) is 20.8 Å². The van der Waals surface area contributed by atoms with Gasteiger partial charge in [0.1, 0.15) is 0 Å². The molecule has 4 aromatic rings. The number of carbonyl (C=O) groups is 1. The largest absolute Gasteiger partial charge is 0.298 e. The Hall–Kier alpha value is -3.49. The Bertz CT molecular complexity index is 1440. The van der Waals surface area contributed by atoms with Crippen molar-refractivity contribution < 1.29 is 13.2 Å². The van der Waals surface area contributed by atoms with Gasteiger partial charge in [0, 0.05) is 23.6 Å². The highest BCUT2D eigenvalue weighted by Crippen LogP contribution is 2.30. The summed E-state index contributed by atoms with van der Waals surface area (Å²) in [5.74, 6) is -0.349. The smallest absolute Gasteiger partial charge is 0.264 e. The first kappa shape index (κ1) is 23.7. The summed E-state index contributed by atoms with van der Waals surface area (Å²) >= 11 is 1.35. The molecule has 8 heteroatoms. The standard InChI is InChI=1S/C26H25N3O3S2/c1-17-14-19(3)23(15-18(17)2)24-16-33-26(27-24)28-25(30)20-10-12-22(13-11-20)34(31,32)29(4)21-8-6-5-7-9-21/h5-16H,1-4H3,(H,27,28,30). The Morgan fingerprint density at radius 3 is 2.24 bits per heavy atom. The highest BCUT2D eigenvalue weighted by molar-refractivity contribution is 7.92. The van der Waals surface area contributed by atoms with Gasteiger partial charge in [0.15, 0.2) is 5.13 Å². The van der Waals surface area contributed by atoms with Crippen molar-refractivity contribution in [1.82, 2.24) is 4.98 Å². The fourth-order valence-corrected chi connectivity index (χ4v) is 5.47. The second kappa shape index (κ2) is 9.40. The summed E-state index contributed by atoms with van der Waals surface area (Å²) in [6.45, 7) is 6.19. The number of aromatic nitrogens is 1. The molecule has 1 amide bonds. The SMILES string of the molecule is Cc1cc(C)c(-c2csc(NC(=O)c3ccc(S(=O)(=O)N(C)c4ccccc4)cc3)n2)cc1C. The first-order valence-electron chi connectivity index (χ1n) is 10.7. The van der Waals surface area contributed by atoms with E-state index < -0.39 is 10.0 Å². The van der Waals surface area contributed by atoms with Crippen LogP contribution in [0.5, 0.6) is 0 Å². The predicted molar refractivity (Wildman–Crippen MR) is 138 cm³/mol. The van der Waals surface area contributed by atoms with Gasteiger partial charge in [0.05, 0.1) is 16.3 Å². The van der Waals surface area contributed by atoms with E-state index in [2.05, 4.69) is 36.3 Å². The number of hydrogen-bond donors (Lipinski definition) is 1. The van der Waals surface area contributed by atoms with Crippen LogP contribution < -0.4 is 9.62 Å². The van der Waals surface area contributed by atoms with Gasteiger partial charge < -0.3 is 0 Å². The molecule has 0 spiro atoms. The van der Waals surface area contributed by atoms with Crippen LogP contribution in [-0.2, 0) is 10.0 Å². The summed E-state index contributed by atoms with van der Waals surface area (Å²) in [6.07, 6.45) is 0. The van der Waals surface area contributed by atoms with Crippen molar-refractivity contribution in [2.24, 2.45) is 0 Å². The molecule has 0 aliphatic rings. The highest BCUT2D eigenvalue weighted by Gasteiger charge is 2.21. The van der Waals surface area contributed by atoms with Crippen LogP contribution in [0.25, 0.3) is 11.3 Å². The van der Waals surface area contributed by atoms with Crippen molar-refractivity contribution in [2.45, 2.75) is 25.7 Å². The average Bonchev–Trinajstić information content (AvgIpc) is 3.29. The Balaban J connectivity index is 1.49. The van der Waals surface area contributed by atoms with Gasteiger partial charge in [-0.25, -0.2) is 13.4 Å². The van der Waals surface area contributed by atoms with Crippen molar-refractivity contribution in [1.29, 1.82) is 0 Å². The molecule has 1 heterocycles. The van der Waals surface area contributed by atoms with Gasteiger partial charge in [0.25, 0.3) is 15.9 Å². The molecule has 0 aliphatic carbocycles. The van der Waals surface area contributed by atoms with Crippen LogP contribution in [0.2, 0.25) is 0 Å². The van der Waals surface area contributed by atoms with E-state index in [0.29, 0.717) is 16.4 Å². The lowest BCUT2D eigenvalue weighted by Crippen LogP contribution is -2.26. The molecule has 1 N–H and O–H groups in total. The molecule has 0 radical (unpaired) electrons. The first-order chi connectivity index (χ1) is 16.2. The molecular formula is C26H25N3O3S2. The van der Waals surface area contributed by atoms with Crippen LogP contribution in [-0.4, -0.2) is 26.4 Å². The number of carbonyl (C=O) groups excluding carboxylic acids is 1. The van der Waals surface area contributed by atoms with Gasteiger partial charge in [-0.1, -0.05) is 24.3 Å². The van der Waals surface area contributed by atoms with Crippen molar-refractivity contribution in [3.05, 3.63) is 94.4 Å². The molecule has 6 nitrogen and oxygen atoms in total. The summed E-state index contributed by atoms with van der Waals surface area (Å²) in [5.41, 5.74) is 6.30. The summed E-state index contributed by atoms with van der Waals surface area (Å²) in [5, 5.41) is 5.21. The monoisotopic (exact) mass is 491 g/mol. The maximum Gasteiger partial charge on any atom is 0.264 e. The van der Waals surface area contributed by atoms with E-state index in [4.69, 9.17) is 0 Å². The Labute approximate surface area is 204 Å². The second-order valence-electron chi connectivity index (χ2n) is 8.08. The number of sulfonamides is 1. The van der Waals surface area contributed by atoms with Gasteiger partial charge >= 0.3 is 0 Å². The molecule has 3 aromatic carbocycles. The average molecular weight is 492 g/mol. The molecule has 0 atom stereocenters. The third kappa shape index (κ3) is 4.73. The topological polar surface area (TPSA) is 79.4 Å². The summed E-state index contributed by atoms with van der Waals surface area (Å²) in [6, 6.07) is 19.0. The number of nitrogens with one attached hydrogen (secondary N) is 1. The van der Waals surface area contributed by atoms with Crippen LogP contribution >= 0.6 is 11.3 Å². The molecular weight excluding hydrogens is 466 g/mol. The van der Waals surface area contributed by atoms with Gasteiger partial charge in [0.2, 0.25) is 0 Å². The maximum absolute atomic E-state index is 12.9. The Morgan fingerprint density at radius 2 is 1.56 bits per heavy atom. The van der Waals surface area contributed by atoms with Crippen LogP contribution in [0.3, 0.4) is 0 Å². The van der Waals surface area contributed by atoms with E-state index in [9.17, 15) is 13.2 Å². The lowest BCUT2D eigenvalue weighted by atomic mass is 9.99. The van der Waals surface area contributed by atoms with Gasteiger partial charge in [-0.15, -0.1) is 11.3 Å². The van der Waals surface area contributed by atoms with Crippen molar-refractivity contribution in [3.8, 4) is 11.3 Å². The third-order valence-corrected chi connectivity index (χ3v) is 8.29. The number of amides is 1. The normalized spacial score (nSPS) is 11.3. The number of thiazole rings is 1. The Morgan fingerprint density at radius 1 is 0.912 bits per heavy atom. The minimum absolute atomic E-state index is 0.108. The van der Waals surface area contributed by atoms with Gasteiger partial charge in [-0.3, -0.25) is 14.4 Å². The quantitative estimate of drug-likeness (QED) is 0.369. The molecule has 174 valence electrons. The maximum atomic E-state index is 12.9. The Kier molecular flexibility index (Phi) is 6.54. The van der Waals surface area contributed by atoms with Crippen molar-refractivity contribution in [2.75, 3.05) is 16.7 Å². The minimum atomic E-state index is -3.74. The van der Waals surface area contributed by atoms with Crippen LogP contribution in [0.4, 0.5) is 10.8 Å². The predicted octanol–water partition coefficient (Wildman–Crippen LogP) is 5.81. The first-order valence-corrected chi connectivity index (χ1v) is 13.0. The van der Waals surface area contributed by atoms with E-state index in [0.717, 1.165) is 16.8 Å². The number of para-hydroxylation sites is 1. The fourth-order valence-electron chi connectivity index (χ4n) is 3.57. The van der Waals surface area contributed by atoms with Gasteiger partial charge in [-0.2, -0.15) is 0 Å². The molecule has 4 rings (SSSR count). The molecule has 0 bridgehead atoms. The molecule has 34 heavy (non-hydrogen) atoms. The van der Waals surface area contributed by atoms with Crippen LogP contribution in [0.1, 0.15) is 27.0 Å². The van der Waals surface area contributed by atoms with E-state index in [1.165, 1.54) is 58.1 Å². The van der Waals surface area contributed by atoms with E-state index in [1.807, 2.05) is 18.4 Å². The van der Waals surface area contributed by atoms with Gasteiger partial charge in [-0.05, 0) is 79.9 Å². The zero-order valence-corrected chi connectivity index (χ0v) is 21.0. The van der Waals surface area contributed by atoms with Crippen molar-refractivity contribution >= 4 is 38.1 Å². The van der Waals surface area contributed by atoms with E-state index >= 15 is 0 Å². The highest BCUT2D eigenvalue weighted by atomic mass is 32.2. The molecule has 0 fully saturated rings. The third-order valence-electron chi connectivity index (χ3n) is 5.74. The summed E-state index contributed by atoms with van der Waals surface area (Å²) in [7, 11) is -2.24. The zero-order valence-electron chi connectivity index (χ0n) is 19.4. The lowest BCUT2D eigenvalue weighted by molar-refractivity contribution is 0.102. The molecule has 0 unspecified atom stereocenters. The fraction of sp³-hybridized carbons (Fsp3) is 0.154. The molecule has 0 saturated carbocycles. The van der Waals surface area contributed by atoms with Crippen LogP contribution in [0.15, 0.2) is 77.0 Å². The summed E-state index contributed by atoms with van der Waals surface area (Å²) < 4.78 is 27.1. The molecule has 1 aromatic heterocycles. The number of anilines is 2. The molecule has 0 aliphatic heterocycles. The van der Waals surface area contributed by atoms with Crippen molar-refractivity contribution in [3.63, 3.8) is 0 Å². The number of benzene rings is 3. The van der Waals surface area contributed by atoms with E-state index in [-0.39, 0.29) is 10.8 Å². The minimum Gasteiger partial charge on any atom is -0.298 e. The second-order valence-corrected chi connectivity index (χ2v) is 10.9. The summed E-state index contributed by atoms with van der Waals surface area (Å²) in [4.78, 5) is 17.4. The molecule has 0 saturated heterocycles. The number of hydrogen-bond acceptors (Lipinski definition) is 5. The number of rotatable bonds is 6. The van der Waals surface area contributed by atoms with E-state index in [1.54, 1.807) is 24.3 Å². The lowest BCUT2D eigenvalue weighted by Gasteiger charge is -2.19.